The van der Waals surface area contributed by atoms with Gasteiger partial charge in [0.05, 0.1) is 0 Å². The lowest BCUT2D eigenvalue weighted by Crippen LogP contribution is -2.33. The third-order valence-corrected chi connectivity index (χ3v) is 3.61. The van der Waals surface area contributed by atoms with Crippen LogP contribution in [0.2, 0.25) is 0 Å². The van der Waals surface area contributed by atoms with Crippen molar-refractivity contribution in [2.75, 3.05) is 13.2 Å². The van der Waals surface area contributed by atoms with E-state index in [9.17, 15) is 0 Å². The zero-order valence-corrected chi connectivity index (χ0v) is 12.3. The molecule has 0 atom stereocenters. The summed E-state index contributed by atoms with van der Waals surface area (Å²) in [5.41, 5.74) is 1.14. The Bertz CT molecular complexity index is 327. The van der Waals surface area contributed by atoms with E-state index in [0.717, 1.165) is 31.6 Å². The predicted octanol–water partition coefficient (Wildman–Crippen LogP) is 2.80. The molecule has 1 rings (SSSR count). The summed E-state index contributed by atoms with van der Waals surface area (Å²) in [4.78, 5) is 0. The van der Waals surface area contributed by atoms with Crippen molar-refractivity contribution >= 4 is 20.8 Å². The maximum atomic E-state index is 5.72. The minimum atomic E-state index is -0.0977. The van der Waals surface area contributed by atoms with Gasteiger partial charge in [-0.15, -0.1) is 0 Å². The fourth-order valence-electron chi connectivity index (χ4n) is 1.43. The van der Waals surface area contributed by atoms with Crippen molar-refractivity contribution in [1.82, 2.24) is 0 Å². The molecule has 2 radical (unpaired) electrons. The van der Waals surface area contributed by atoms with Crippen LogP contribution >= 0.6 is 0 Å². The first-order chi connectivity index (χ1) is 8.80. The summed E-state index contributed by atoms with van der Waals surface area (Å²) in [5.74, 6) is -0.0977. The van der Waals surface area contributed by atoms with Gasteiger partial charge in [0, 0.05) is 13.2 Å². The Hall–Kier alpha value is -0.903. The van der Waals surface area contributed by atoms with E-state index < -0.39 is 0 Å². The molecule has 0 bridgehead atoms. The van der Waals surface area contributed by atoms with E-state index in [2.05, 4.69) is 44.7 Å². The Morgan fingerprint density at radius 1 is 1.11 bits per heavy atom. The van der Waals surface area contributed by atoms with Crippen LogP contribution in [-0.2, 0) is 9.47 Å². The van der Waals surface area contributed by atoms with E-state index >= 15 is 0 Å². The Morgan fingerprint density at radius 2 is 1.67 bits per heavy atom. The largest absolute Gasteiger partial charge is 0.357 e. The summed E-state index contributed by atoms with van der Waals surface area (Å²) < 4.78 is 11.4. The second-order valence-electron chi connectivity index (χ2n) is 4.04. The lowest BCUT2D eigenvalue weighted by molar-refractivity contribution is -0.0894. The van der Waals surface area contributed by atoms with Crippen LogP contribution in [0, 0.1) is 0 Å². The van der Waals surface area contributed by atoms with Gasteiger partial charge in [-0.1, -0.05) is 56.0 Å². The van der Waals surface area contributed by atoms with E-state index in [1.54, 1.807) is 0 Å². The molecule has 0 unspecified atom stereocenters. The summed E-state index contributed by atoms with van der Waals surface area (Å²) >= 11 is 0. The molecule has 0 heterocycles. The normalized spacial score (nSPS) is 10.8. The van der Waals surface area contributed by atoms with Crippen LogP contribution in [0.15, 0.2) is 30.8 Å². The maximum absolute atomic E-state index is 5.72. The van der Waals surface area contributed by atoms with Gasteiger partial charge in [0.1, 0.15) is 5.91 Å². The molecule has 0 aliphatic carbocycles. The summed E-state index contributed by atoms with van der Waals surface area (Å²) in [5, 5.41) is 1.26. The zero-order valence-electron chi connectivity index (χ0n) is 11.3. The summed E-state index contributed by atoms with van der Waals surface area (Å²) in [6.07, 6.45) is 3.89. The predicted molar refractivity (Wildman–Crippen MR) is 78.2 cm³/mol. The van der Waals surface area contributed by atoms with Crippen LogP contribution in [0.1, 0.15) is 32.3 Å². The first-order valence-electron chi connectivity index (χ1n) is 6.52. The van der Waals surface area contributed by atoms with Gasteiger partial charge in [-0.2, -0.15) is 0 Å². The van der Waals surface area contributed by atoms with Gasteiger partial charge in [0.15, 0.2) is 9.52 Å². The summed E-state index contributed by atoms with van der Waals surface area (Å²) in [6.45, 7) is 9.49. The van der Waals surface area contributed by atoms with E-state index in [0.29, 0.717) is 9.52 Å². The SMILES string of the molecule is C=Cc1ccc([Si]C(OCCC)OCCC)cc1. The second kappa shape index (κ2) is 9.08. The Labute approximate surface area is 113 Å². The molecule has 0 amide bonds. The first kappa shape index (κ1) is 15.2. The fourth-order valence-corrected chi connectivity index (χ4v) is 2.47. The Kier molecular flexibility index (Phi) is 7.65. The van der Waals surface area contributed by atoms with E-state index in [1.165, 1.54) is 5.19 Å². The molecular weight excluding hydrogens is 240 g/mol. The van der Waals surface area contributed by atoms with E-state index in [-0.39, 0.29) is 5.91 Å². The van der Waals surface area contributed by atoms with Crippen molar-refractivity contribution in [3.8, 4) is 0 Å². The number of hydrogen-bond acceptors (Lipinski definition) is 2. The molecule has 0 saturated carbocycles. The van der Waals surface area contributed by atoms with Gasteiger partial charge in [0.2, 0.25) is 0 Å². The van der Waals surface area contributed by atoms with Crippen molar-refractivity contribution in [3.63, 3.8) is 0 Å². The Morgan fingerprint density at radius 3 is 2.11 bits per heavy atom. The molecule has 0 aliphatic rings. The molecule has 98 valence electrons. The minimum Gasteiger partial charge on any atom is -0.357 e. The van der Waals surface area contributed by atoms with Crippen molar-refractivity contribution in [2.24, 2.45) is 0 Å². The van der Waals surface area contributed by atoms with Crippen LogP contribution in [0.3, 0.4) is 0 Å². The third-order valence-electron chi connectivity index (χ3n) is 2.38. The molecule has 0 N–H and O–H groups in total. The fraction of sp³-hybridized carbons (Fsp3) is 0.467. The Balaban J connectivity index is 2.53. The van der Waals surface area contributed by atoms with Crippen LogP contribution in [0.5, 0.6) is 0 Å². The maximum Gasteiger partial charge on any atom is 0.157 e. The molecule has 0 spiro atoms. The average Bonchev–Trinajstić information content (AvgIpc) is 2.42. The number of ether oxygens (including phenoxy) is 2. The smallest absolute Gasteiger partial charge is 0.157 e. The number of hydrogen-bond donors (Lipinski definition) is 0. The molecular formula is C15H22O2Si. The van der Waals surface area contributed by atoms with Crippen molar-refractivity contribution < 1.29 is 9.47 Å². The zero-order chi connectivity index (χ0) is 13.2. The minimum absolute atomic E-state index is 0.0977. The van der Waals surface area contributed by atoms with Gasteiger partial charge in [-0.3, -0.25) is 0 Å². The monoisotopic (exact) mass is 262 g/mol. The molecule has 3 heteroatoms. The molecule has 0 fully saturated rings. The molecule has 18 heavy (non-hydrogen) atoms. The topological polar surface area (TPSA) is 18.5 Å². The van der Waals surface area contributed by atoms with Crippen LogP contribution in [-0.4, -0.2) is 28.6 Å². The van der Waals surface area contributed by atoms with Gasteiger partial charge in [-0.25, -0.2) is 0 Å². The molecule has 0 aromatic heterocycles. The van der Waals surface area contributed by atoms with Gasteiger partial charge >= 0.3 is 0 Å². The van der Waals surface area contributed by atoms with Crippen LogP contribution < -0.4 is 5.19 Å². The van der Waals surface area contributed by atoms with Crippen LogP contribution in [0.4, 0.5) is 0 Å². The number of rotatable bonds is 9. The van der Waals surface area contributed by atoms with Crippen LogP contribution in [0.25, 0.3) is 6.08 Å². The van der Waals surface area contributed by atoms with Gasteiger partial charge < -0.3 is 9.47 Å². The van der Waals surface area contributed by atoms with Gasteiger partial charge in [-0.05, 0) is 18.4 Å². The molecule has 0 aliphatic heterocycles. The van der Waals surface area contributed by atoms with Gasteiger partial charge in [0.25, 0.3) is 0 Å². The highest BCUT2D eigenvalue weighted by Gasteiger charge is 2.11. The molecule has 0 saturated heterocycles. The van der Waals surface area contributed by atoms with E-state index in [4.69, 9.17) is 9.47 Å². The van der Waals surface area contributed by atoms with Crippen molar-refractivity contribution in [1.29, 1.82) is 0 Å². The first-order valence-corrected chi connectivity index (χ1v) is 7.60. The summed E-state index contributed by atoms with van der Waals surface area (Å²) in [7, 11) is 0.534. The van der Waals surface area contributed by atoms with Crippen molar-refractivity contribution in [3.05, 3.63) is 36.4 Å². The molecule has 2 nitrogen and oxygen atoms in total. The quantitative estimate of drug-likeness (QED) is 0.503. The lowest BCUT2D eigenvalue weighted by atomic mass is 10.2. The standard InChI is InChI=1S/C15H22O2Si/c1-4-11-16-15(17-12-5-2)18-14-9-7-13(6-3)8-10-14/h6-10,15H,3-5,11-12H2,1-2H3. The van der Waals surface area contributed by atoms with E-state index in [1.807, 2.05) is 6.08 Å². The molecule has 1 aromatic rings. The highest BCUT2D eigenvalue weighted by Crippen LogP contribution is 2.00. The van der Waals surface area contributed by atoms with Crippen molar-refractivity contribution in [2.45, 2.75) is 32.6 Å². The third kappa shape index (κ3) is 5.62. The number of benzene rings is 1. The molecule has 1 aromatic carbocycles. The average molecular weight is 262 g/mol. The lowest BCUT2D eigenvalue weighted by Gasteiger charge is -2.17. The second-order valence-corrected chi connectivity index (χ2v) is 5.38. The highest BCUT2D eigenvalue weighted by atomic mass is 28.2. The summed E-state index contributed by atoms with van der Waals surface area (Å²) in [6, 6.07) is 8.39. The highest BCUT2D eigenvalue weighted by molar-refractivity contribution is 6.54.